The van der Waals surface area contributed by atoms with Crippen molar-refractivity contribution >= 4 is 5.97 Å². The van der Waals surface area contributed by atoms with Crippen LogP contribution in [0.4, 0.5) is 0 Å². The summed E-state index contributed by atoms with van der Waals surface area (Å²) in [6, 6.07) is 12.4. The number of benzene rings is 2. The van der Waals surface area contributed by atoms with Gasteiger partial charge in [-0.2, -0.15) is 0 Å². The van der Waals surface area contributed by atoms with Gasteiger partial charge in [-0.1, -0.05) is 24.3 Å². The Labute approximate surface area is 136 Å². The molecular formula is C19H22O4. The van der Waals surface area contributed by atoms with Gasteiger partial charge in [-0.25, -0.2) is 4.79 Å². The van der Waals surface area contributed by atoms with Gasteiger partial charge in [0.25, 0.3) is 0 Å². The van der Waals surface area contributed by atoms with Crippen LogP contribution in [0.1, 0.15) is 38.1 Å². The molecule has 0 fully saturated rings. The van der Waals surface area contributed by atoms with Crippen LogP contribution in [-0.2, 0) is 0 Å². The van der Waals surface area contributed by atoms with E-state index in [4.69, 9.17) is 9.47 Å². The predicted molar refractivity (Wildman–Crippen MR) is 90.4 cm³/mol. The van der Waals surface area contributed by atoms with E-state index in [9.17, 15) is 9.90 Å². The molecule has 0 radical (unpaired) electrons. The molecule has 0 aliphatic carbocycles. The summed E-state index contributed by atoms with van der Waals surface area (Å²) in [6.07, 6.45) is -0.0555. The zero-order valence-corrected chi connectivity index (χ0v) is 13.9. The average molecular weight is 314 g/mol. The maximum atomic E-state index is 11.6. The first-order valence-corrected chi connectivity index (χ1v) is 7.69. The Bertz CT molecular complexity index is 661. The first-order valence-electron chi connectivity index (χ1n) is 7.69. The molecule has 0 atom stereocenters. The first-order chi connectivity index (χ1) is 10.9. The molecule has 0 unspecified atom stereocenters. The van der Waals surface area contributed by atoms with Crippen molar-refractivity contribution in [1.29, 1.82) is 0 Å². The number of carboxylic acids is 1. The molecule has 0 aliphatic heterocycles. The predicted octanol–water partition coefficient (Wildman–Crippen LogP) is 4.63. The third-order valence-corrected chi connectivity index (χ3v) is 3.14. The zero-order valence-electron chi connectivity index (χ0n) is 13.9. The van der Waals surface area contributed by atoms with Crippen LogP contribution < -0.4 is 9.47 Å². The van der Waals surface area contributed by atoms with E-state index in [0.717, 1.165) is 0 Å². The van der Waals surface area contributed by atoms with Crippen molar-refractivity contribution in [3.63, 3.8) is 0 Å². The molecule has 2 aromatic rings. The Hall–Kier alpha value is -2.49. The highest BCUT2D eigenvalue weighted by atomic mass is 16.5. The van der Waals surface area contributed by atoms with Gasteiger partial charge in [-0.15, -0.1) is 0 Å². The van der Waals surface area contributed by atoms with E-state index in [-0.39, 0.29) is 17.8 Å². The van der Waals surface area contributed by atoms with E-state index in [1.54, 1.807) is 18.2 Å². The SMILES string of the molecule is CC(C)Oc1cccc(OC(C)C)c1-c1ccccc1C(=O)O. The number of hydrogen-bond acceptors (Lipinski definition) is 3. The number of carboxylic acid groups (broad SMARTS) is 1. The van der Waals surface area contributed by atoms with Crippen LogP contribution in [0.25, 0.3) is 11.1 Å². The van der Waals surface area contributed by atoms with Gasteiger partial charge in [0.15, 0.2) is 0 Å². The number of carbonyl (C=O) groups is 1. The van der Waals surface area contributed by atoms with E-state index < -0.39 is 5.97 Å². The summed E-state index contributed by atoms with van der Waals surface area (Å²) in [4.78, 5) is 11.6. The molecule has 0 saturated heterocycles. The number of hydrogen-bond donors (Lipinski definition) is 1. The lowest BCUT2D eigenvalue weighted by Gasteiger charge is -2.20. The highest BCUT2D eigenvalue weighted by Gasteiger charge is 2.20. The van der Waals surface area contributed by atoms with Gasteiger partial charge in [0.05, 0.1) is 23.3 Å². The molecule has 0 heterocycles. The second-order valence-corrected chi connectivity index (χ2v) is 5.81. The van der Waals surface area contributed by atoms with E-state index >= 15 is 0 Å². The highest BCUT2D eigenvalue weighted by Crippen LogP contribution is 2.41. The quantitative estimate of drug-likeness (QED) is 0.845. The molecule has 0 amide bonds. The van der Waals surface area contributed by atoms with Gasteiger partial charge in [-0.05, 0) is 45.9 Å². The minimum atomic E-state index is -0.976. The smallest absolute Gasteiger partial charge is 0.336 e. The van der Waals surface area contributed by atoms with Gasteiger partial charge >= 0.3 is 5.97 Å². The Morgan fingerprint density at radius 1 is 0.870 bits per heavy atom. The summed E-state index contributed by atoms with van der Waals surface area (Å²) in [7, 11) is 0. The van der Waals surface area contributed by atoms with Crippen molar-refractivity contribution in [2.75, 3.05) is 0 Å². The maximum Gasteiger partial charge on any atom is 0.336 e. The molecular weight excluding hydrogens is 292 g/mol. The molecule has 23 heavy (non-hydrogen) atoms. The summed E-state index contributed by atoms with van der Waals surface area (Å²) in [5, 5.41) is 9.49. The lowest BCUT2D eigenvalue weighted by atomic mass is 9.97. The summed E-state index contributed by atoms with van der Waals surface area (Å²) >= 11 is 0. The minimum absolute atomic E-state index is 0.0277. The minimum Gasteiger partial charge on any atom is -0.490 e. The first kappa shape index (κ1) is 16.9. The van der Waals surface area contributed by atoms with Crippen molar-refractivity contribution < 1.29 is 19.4 Å². The molecule has 122 valence electrons. The molecule has 2 aromatic carbocycles. The van der Waals surface area contributed by atoms with Crippen LogP contribution in [-0.4, -0.2) is 23.3 Å². The van der Waals surface area contributed by atoms with Crippen molar-refractivity contribution in [2.24, 2.45) is 0 Å². The Morgan fingerprint density at radius 2 is 1.39 bits per heavy atom. The Morgan fingerprint density at radius 3 is 1.87 bits per heavy atom. The summed E-state index contributed by atoms with van der Waals surface area (Å²) < 4.78 is 11.8. The van der Waals surface area contributed by atoms with Crippen LogP contribution >= 0.6 is 0 Å². The fourth-order valence-electron chi connectivity index (χ4n) is 2.37. The van der Waals surface area contributed by atoms with E-state index in [1.165, 1.54) is 0 Å². The van der Waals surface area contributed by atoms with Crippen molar-refractivity contribution in [1.82, 2.24) is 0 Å². The zero-order chi connectivity index (χ0) is 17.0. The molecule has 0 aromatic heterocycles. The highest BCUT2D eigenvalue weighted by molar-refractivity contribution is 5.98. The maximum absolute atomic E-state index is 11.6. The fourth-order valence-corrected chi connectivity index (χ4v) is 2.37. The van der Waals surface area contributed by atoms with Crippen LogP contribution in [0.3, 0.4) is 0 Å². The Balaban J connectivity index is 2.69. The number of aromatic carboxylic acids is 1. The third-order valence-electron chi connectivity index (χ3n) is 3.14. The lowest BCUT2D eigenvalue weighted by molar-refractivity contribution is 0.0697. The van der Waals surface area contributed by atoms with Gasteiger partial charge in [-0.3, -0.25) is 0 Å². The largest absolute Gasteiger partial charge is 0.490 e. The second kappa shape index (κ2) is 7.18. The molecule has 1 N–H and O–H groups in total. The molecule has 0 bridgehead atoms. The molecule has 2 rings (SSSR count). The van der Waals surface area contributed by atoms with Gasteiger partial charge in [0, 0.05) is 5.56 Å². The number of rotatable bonds is 6. The van der Waals surface area contributed by atoms with Crippen LogP contribution in [0.2, 0.25) is 0 Å². The molecule has 4 nitrogen and oxygen atoms in total. The van der Waals surface area contributed by atoms with Gasteiger partial charge in [0.2, 0.25) is 0 Å². The van der Waals surface area contributed by atoms with Crippen molar-refractivity contribution in [3.05, 3.63) is 48.0 Å². The van der Waals surface area contributed by atoms with E-state index in [0.29, 0.717) is 22.6 Å². The van der Waals surface area contributed by atoms with E-state index in [2.05, 4.69) is 0 Å². The molecule has 4 heteroatoms. The van der Waals surface area contributed by atoms with E-state index in [1.807, 2.05) is 52.0 Å². The fraction of sp³-hybridized carbons (Fsp3) is 0.316. The van der Waals surface area contributed by atoms with Crippen LogP contribution in [0, 0.1) is 0 Å². The van der Waals surface area contributed by atoms with Gasteiger partial charge in [0.1, 0.15) is 11.5 Å². The molecule has 0 saturated carbocycles. The van der Waals surface area contributed by atoms with Crippen molar-refractivity contribution in [2.45, 2.75) is 39.9 Å². The number of ether oxygens (including phenoxy) is 2. The summed E-state index contributed by atoms with van der Waals surface area (Å²) in [5.74, 6) is 0.258. The molecule has 0 aliphatic rings. The summed E-state index contributed by atoms with van der Waals surface area (Å²) in [6.45, 7) is 7.73. The average Bonchev–Trinajstić information content (AvgIpc) is 2.46. The second-order valence-electron chi connectivity index (χ2n) is 5.81. The van der Waals surface area contributed by atoms with Crippen molar-refractivity contribution in [3.8, 4) is 22.6 Å². The normalized spacial score (nSPS) is 10.9. The monoisotopic (exact) mass is 314 g/mol. The van der Waals surface area contributed by atoms with Crippen LogP contribution in [0.15, 0.2) is 42.5 Å². The third kappa shape index (κ3) is 4.03. The topological polar surface area (TPSA) is 55.8 Å². The Kier molecular flexibility index (Phi) is 5.27. The lowest BCUT2D eigenvalue weighted by Crippen LogP contribution is -2.11. The van der Waals surface area contributed by atoms with Crippen LogP contribution in [0.5, 0.6) is 11.5 Å². The standard InChI is InChI=1S/C19H22O4/c1-12(2)22-16-10-7-11-17(23-13(3)4)18(16)14-8-5-6-9-15(14)19(20)21/h5-13H,1-4H3,(H,20,21). The molecule has 0 spiro atoms. The summed E-state index contributed by atoms with van der Waals surface area (Å²) in [5.41, 5.74) is 1.49. The van der Waals surface area contributed by atoms with Gasteiger partial charge < -0.3 is 14.6 Å².